The molecule has 0 fully saturated rings. The number of benzene rings is 1. The summed E-state index contributed by atoms with van der Waals surface area (Å²) in [5, 5.41) is 16.4. The molecular weight excluding hydrogens is 417 g/mol. The molecule has 4 N–H and O–H groups in total. The van der Waals surface area contributed by atoms with Gasteiger partial charge in [-0.05, 0) is 37.5 Å². The van der Waals surface area contributed by atoms with Gasteiger partial charge in [-0.2, -0.15) is 0 Å². The third kappa shape index (κ3) is 4.54. The van der Waals surface area contributed by atoms with Gasteiger partial charge in [0.15, 0.2) is 5.84 Å². The van der Waals surface area contributed by atoms with Gasteiger partial charge in [-0.15, -0.1) is 0 Å². The van der Waals surface area contributed by atoms with E-state index in [4.69, 9.17) is 15.7 Å². The Kier molecular flexibility index (Phi) is 6.22. The van der Waals surface area contributed by atoms with Crippen molar-refractivity contribution in [2.45, 2.75) is 32.2 Å². The van der Waals surface area contributed by atoms with Gasteiger partial charge < -0.3 is 21.0 Å². The molecule has 2 aromatic rings. The van der Waals surface area contributed by atoms with Gasteiger partial charge in [0.25, 0.3) is 0 Å². The number of nitrogens with one attached hydrogen (secondary N) is 1. The van der Waals surface area contributed by atoms with Crippen molar-refractivity contribution in [1.29, 1.82) is 0 Å². The Morgan fingerprint density at radius 2 is 2.22 bits per heavy atom. The summed E-state index contributed by atoms with van der Waals surface area (Å²) in [4.78, 5) is 14.0. The highest BCUT2D eigenvalue weighted by Crippen LogP contribution is 2.31. The maximum atomic E-state index is 13.5. The Morgan fingerprint density at radius 1 is 1.41 bits per heavy atom. The van der Waals surface area contributed by atoms with Crippen LogP contribution in [0.15, 0.2) is 27.8 Å². The Hall–Kier alpha value is -2.26. The largest absolute Gasteiger partial charge is 0.396 e. The molecule has 0 unspecified atom stereocenters. The normalized spacial score (nSPS) is 17.5. The number of hydrogen-bond acceptors (Lipinski definition) is 6. The minimum Gasteiger partial charge on any atom is -0.396 e. The van der Waals surface area contributed by atoms with Crippen LogP contribution in [0.3, 0.4) is 0 Å². The van der Waals surface area contributed by atoms with Gasteiger partial charge in [-0.25, -0.2) is 14.4 Å². The number of anilines is 1. The summed E-state index contributed by atoms with van der Waals surface area (Å²) < 4.78 is 14.1. The maximum Gasteiger partial charge on any atom is 0.220 e. The monoisotopic (exact) mass is 437 g/mol. The maximum absolute atomic E-state index is 13.5. The second kappa shape index (κ2) is 8.62. The standard InChI is InChI=1S/C18H21BrFN5O2/c1-10-16-15(24-18(21)22-10)9-14(12-5-4-11(20)8-13(12)19)23-17(16)25-27-7-3-2-6-26/h4-5,8,14,26H,2-3,6-7,9H2,1H3,(H,23,25)(H2,21,22,24)/t14-/m1/s1. The zero-order valence-electron chi connectivity index (χ0n) is 14.9. The lowest BCUT2D eigenvalue weighted by atomic mass is 9.94. The van der Waals surface area contributed by atoms with Gasteiger partial charge >= 0.3 is 0 Å². The van der Waals surface area contributed by atoms with Crippen LogP contribution in [0.4, 0.5) is 10.3 Å². The first-order valence-electron chi connectivity index (χ1n) is 8.65. The molecule has 9 heteroatoms. The molecule has 0 amide bonds. The summed E-state index contributed by atoms with van der Waals surface area (Å²) in [5.74, 6) is 0.401. The number of hydrogen-bond donors (Lipinski definition) is 3. The number of nitrogens with two attached hydrogens (primary N) is 1. The Labute approximate surface area is 165 Å². The molecule has 1 atom stereocenters. The van der Waals surface area contributed by atoms with E-state index in [2.05, 4.69) is 36.4 Å². The summed E-state index contributed by atoms with van der Waals surface area (Å²) in [5.41, 5.74) is 8.93. The molecule has 0 bridgehead atoms. The first-order chi connectivity index (χ1) is 13.0. The second-order valence-corrected chi connectivity index (χ2v) is 7.11. The van der Waals surface area contributed by atoms with Crippen molar-refractivity contribution >= 4 is 27.7 Å². The van der Waals surface area contributed by atoms with E-state index < -0.39 is 0 Å². The van der Waals surface area contributed by atoms with Crippen LogP contribution in [0, 0.1) is 12.7 Å². The molecule has 3 rings (SSSR count). The van der Waals surface area contributed by atoms with E-state index in [9.17, 15) is 4.39 Å². The average molecular weight is 438 g/mol. The fraction of sp³-hybridized carbons (Fsp3) is 0.389. The van der Waals surface area contributed by atoms with Crippen LogP contribution in [0.1, 0.15) is 41.4 Å². The van der Waals surface area contributed by atoms with Crippen LogP contribution in [0.25, 0.3) is 0 Å². The lowest BCUT2D eigenvalue weighted by Crippen LogP contribution is -2.38. The van der Waals surface area contributed by atoms with Gasteiger partial charge in [-0.3, -0.25) is 0 Å². The van der Waals surface area contributed by atoms with Crippen LogP contribution in [-0.2, 0) is 11.3 Å². The fourth-order valence-electron chi connectivity index (χ4n) is 3.03. The van der Waals surface area contributed by atoms with E-state index in [1.807, 2.05) is 6.92 Å². The predicted molar refractivity (Wildman–Crippen MR) is 104 cm³/mol. The lowest BCUT2D eigenvalue weighted by molar-refractivity contribution is 0.133. The zero-order valence-corrected chi connectivity index (χ0v) is 16.5. The summed E-state index contributed by atoms with van der Waals surface area (Å²) in [6.07, 6.45) is 1.90. The van der Waals surface area contributed by atoms with Crippen LogP contribution in [-0.4, -0.2) is 34.1 Å². The Balaban J connectivity index is 1.93. The smallest absolute Gasteiger partial charge is 0.220 e. The number of oxime groups is 1. The highest BCUT2D eigenvalue weighted by atomic mass is 79.9. The number of aliphatic hydroxyl groups excluding tert-OH is 1. The molecule has 0 radical (unpaired) electrons. The molecule has 1 aliphatic heterocycles. The summed E-state index contributed by atoms with van der Waals surface area (Å²) in [7, 11) is 0. The van der Waals surface area contributed by atoms with Crippen molar-refractivity contribution in [2.75, 3.05) is 18.9 Å². The number of nitrogen functional groups attached to an aromatic ring is 1. The van der Waals surface area contributed by atoms with Crippen molar-refractivity contribution in [1.82, 2.24) is 15.3 Å². The highest BCUT2D eigenvalue weighted by Gasteiger charge is 2.29. The van der Waals surface area contributed by atoms with Gasteiger partial charge in [0.1, 0.15) is 12.4 Å². The molecule has 2 heterocycles. The molecular formula is C18H21BrFN5O2. The van der Waals surface area contributed by atoms with E-state index in [1.54, 1.807) is 6.07 Å². The number of aromatic nitrogens is 2. The third-order valence-corrected chi connectivity index (χ3v) is 4.95. The SMILES string of the molecule is Cc1nc(N)nc2c1/C(=N/OCCCCO)N[C@@H](c1ccc(F)cc1Br)C2. The number of fused-ring (bicyclic) bond motifs is 1. The molecule has 0 spiro atoms. The van der Waals surface area contributed by atoms with Crippen molar-refractivity contribution in [2.24, 2.45) is 5.16 Å². The van der Waals surface area contributed by atoms with E-state index in [0.29, 0.717) is 41.9 Å². The Morgan fingerprint density at radius 3 is 2.96 bits per heavy atom. The highest BCUT2D eigenvalue weighted by molar-refractivity contribution is 9.10. The molecule has 0 saturated heterocycles. The minimum absolute atomic E-state index is 0.119. The van der Waals surface area contributed by atoms with Crippen LogP contribution in [0.5, 0.6) is 0 Å². The number of halogens is 2. The Bertz CT molecular complexity index is 862. The van der Waals surface area contributed by atoms with Crippen molar-refractivity contribution in [3.63, 3.8) is 0 Å². The first kappa shape index (κ1) is 19.5. The number of aliphatic hydroxyl groups is 1. The van der Waals surface area contributed by atoms with Gasteiger partial charge in [0.05, 0.1) is 23.0 Å². The summed E-state index contributed by atoms with van der Waals surface area (Å²) in [6.45, 7) is 2.35. The first-order valence-corrected chi connectivity index (χ1v) is 9.44. The van der Waals surface area contributed by atoms with Crippen LogP contribution < -0.4 is 11.1 Å². The number of rotatable bonds is 6. The van der Waals surface area contributed by atoms with Crippen LogP contribution in [0.2, 0.25) is 0 Å². The van der Waals surface area contributed by atoms with E-state index in [-0.39, 0.29) is 24.4 Å². The summed E-state index contributed by atoms with van der Waals surface area (Å²) in [6, 6.07) is 4.38. The van der Waals surface area contributed by atoms with Gasteiger partial charge in [0, 0.05) is 17.5 Å². The number of nitrogens with zero attached hydrogens (tertiary/aromatic N) is 3. The van der Waals surface area contributed by atoms with Crippen molar-refractivity contribution in [3.05, 3.63) is 51.0 Å². The number of unbranched alkanes of at least 4 members (excludes halogenated alkanes) is 1. The van der Waals surface area contributed by atoms with Gasteiger partial charge in [-0.1, -0.05) is 27.2 Å². The molecule has 27 heavy (non-hydrogen) atoms. The lowest BCUT2D eigenvalue weighted by Gasteiger charge is -2.29. The minimum atomic E-state index is -0.314. The molecule has 1 aromatic carbocycles. The molecule has 144 valence electrons. The predicted octanol–water partition coefficient (Wildman–Crippen LogP) is 2.61. The molecule has 0 saturated carbocycles. The van der Waals surface area contributed by atoms with Crippen molar-refractivity contribution < 1.29 is 14.3 Å². The molecule has 7 nitrogen and oxygen atoms in total. The van der Waals surface area contributed by atoms with Crippen LogP contribution >= 0.6 is 15.9 Å². The van der Waals surface area contributed by atoms with E-state index >= 15 is 0 Å². The second-order valence-electron chi connectivity index (χ2n) is 6.26. The third-order valence-electron chi connectivity index (χ3n) is 4.26. The number of aryl methyl sites for hydroxylation is 1. The van der Waals surface area contributed by atoms with E-state index in [0.717, 1.165) is 16.8 Å². The van der Waals surface area contributed by atoms with Crippen molar-refractivity contribution in [3.8, 4) is 0 Å². The summed E-state index contributed by atoms with van der Waals surface area (Å²) >= 11 is 3.42. The quantitative estimate of drug-likeness (QED) is 0.473. The molecule has 0 aliphatic carbocycles. The van der Waals surface area contributed by atoms with Gasteiger partial charge in [0.2, 0.25) is 5.95 Å². The van der Waals surface area contributed by atoms with E-state index in [1.165, 1.54) is 12.1 Å². The number of amidine groups is 1. The zero-order chi connectivity index (χ0) is 19.4. The fourth-order valence-corrected chi connectivity index (χ4v) is 3.65. The average Bonchev–Trinajstić information content (AvgIpc) is 2.60. The molecule has 1 aromatic heterocycles. The molecule has 1 aliphatic rings. The topological polar surface area (TPSA) is 106 Å².